The number of anilines is 2. The number of amides is 1. The molecule has 0 aliphatic carbocycles. The van der Waals surface area contributed by atoms with Crippen molar-refractivity contribution in [2.24, 2.45) is 4.99 Å². The van der Waals surface area contributed by atoms with E-state index >= 15 is 0 Å². The van der Waals surface area contributed by atoms with Gasteiger partial charge in [0.15, 0.2) is 0 Å². The molecule has 152 valence electrons. The zero-order valence-corrected chi connectivity index (χ0v) is 16.6. The number of nitrogens with zero attached hydrogens (tertiary/aromatic N) is 4. The highest BCUT2D eigenvalue weighted by atomic mass is 16.4. The molecule has 8 heteroatoms. The van der Waals surface area contributed by atoms with Gasteiger partial charge in [-0.25, -0.2) is 4.99 Å². The molecule has 1 atom stereocenters. The van der Waals surface area contributed by atoms with Crippen LogP contribution in [-0.2, 0) is 4.79 Å². The molecule has 1 aliphatic rings. The first-order valence-electron chi connectivity index (χ1n) is 9.74. The van der Waals surface area contributed by atoms with E-state index in [9.17, 15) is 4.79 Å². The molecule has 31 heavy (non-hydrogen) atoms. The van der Waals surface area contributed by atoms with Crippen LogP contribution in [0.1, 0.15) is 16.8 Å². The number of benzodiazepines with no additional fused rings is 1. The number of aliphatic imine (C=N–C) groups is 1. The van der Waals surface area contributed by atoms with E-state index < -0.39 is 6.17 Å². The van der Waals surface area contributed by atoms with Crippen LogP contribution in [0.4, 0.5) is 11.7 Å². The maximum atomic E-state index is 12.9. The topological polar surface area (TPSA) is 105 Å². The van der Waals surface area contributed by atoms with Crippen molar-refractivity contribution in [1.29, 1.82) is 0 Å². The van der Waals surface area contributed by atoms with Crippen LogP contribution in [0.25, 0.3) is 11.5 Å². The number of fused-ring (bicyclic) bond motifs is 1. The second-order valence-electron chi connectivity index (χ2n) is 7.02. The first kappa shape index (κ1) is 18.7. The van der Waals surface area contributed by atoms with Gasteiger partial charge in [0.2, 0.25) is 12.1 Å². The summed E-state index contributed by atoms with van der Waals surface area (Å²) in [5.74, 6) is 0.00969. The standard InChI is InChI=1S/C23H18N6O2/c1-14-13-16(11-12-24-14)22-28-29-23(31-22)27-20-21(30)25-18-10-6-5-9-17(18)19(26-20)15-7-3-2-4-8-15/h2-13,20H,1H3,(H,25,30)(H,27,29). The minimum Gasteiger partial charge on any atom is -0.403 e. The van der Waals surface area contributed by atoms with E-state index in [4.69, 9.17) is 9.41 Å². The highest BCUT2D eigenvalue weighted by Crippen LogP contribution is 2.25. The summed E-state index contributed by atoms with van der Waals surface area (Å²) in [7, 11) is 0. The normalized spacial score (nSPS) is 15.5. The second kappa shape index (κ2) is 7.83. The molecule has 4 aromatic rings. The Morgan fingerprint density at radius 1 is 0.968 bits per heavy atom. The maximum Gasteiger partial charge on any atom is 0.317 e. The van der Waals surface area contributed by atoms with E-state index in [0.29, 0.717) is 17.3 Å². The van der Waals surface area contributed by atoms with Crippen molar-refractivity contribution in [2.75, 3.05) is 10.6 Å². The average molecular weight is 410 g/mol. The van der Waals surface area contributed by atoms with Gasteiger partial charge >= 0.3 is 6.01 Å². The SMILES string of the molecule is Cc1cc(-c2nnc(NC3N=C(c4ccccc4)c4ccccc4NC3=O)o2)ccn1. The van der Waals surface area contributed by atoms with Gasteiger partial charge < -0.3 is 15.1 Å². The Balaban J connectivity index is 1.50. The zero-order chi connectivity index (χ0) is 21.2. The fraction of sp³-hybridized carbons (Fsp3) is 0.0870. The summed E-state index contributed by atoms with van der Waals surface area (Å²) in [4.78, 5) is 21.8. The van der Waals surface area contributed by atoms with E-state index in [1.54, 1.807) is 12.3 Å². The van der Waals surface area contributed by atoms with Crippen molar-refractivity contribution < 1.29 is 9.21 Å². The predicted octanol–water partition coefficient (Wildman–Crippen LogP) is 3.67. The third-order valence-electron chi connectivity index (χ3n) is 4.82. The predicted molar refractivity (Wildman–Crippen MR) is 117 cm³/mol. The second-order valence-corrected chi connectivity index (χ2v) is 7.02. The fourth-order valence-electron chi connectivity index (χ4n) is 3.37. The van der Waals surface area contributed by atoms with Gasteiger partial charge in [-0.2, -0.15) is 0 Å². The van der Waals surface area contributed by atoms with Gasteiger partial charge in [0.05, 0.1) is 11.4 Å². The van der Waals surface area contributed by atoms with E-state index in [2.05, 4.69) is 25.8 Å². The third kappa shape index (κ3) is 3.78. The number of hydrogen-bond acceptors (Lipinski definition) is 7. The molecule has 1 amide bonds. The monoisotopic (exact) mass is 410 g/mol. The van der Waals surface area contributed by atoms with Crippen molar-refractivity contribution in [3.05, 3.63) is 89.7 Å². The van der Waals surface area contributed by atoms with Gasteiger partial charge in [0.1, 0.15) is 0 Å². The van der Waals surface area contributed by atoms with Crippen LogP contribution in [-0.4, -0.2) is 33.0 Å². The van der Waals surface area contributed by atoms with Gasteiger partial charge in [0, 0.05) is 28.6 Å². The Kier molecular flexibility index (Phi) is 4.72. The highest BCUT2D eigenvalue weighted by Gasteiger charge is 2.27. The Morgan fingerprint density at radius 3 is 2.61 bits per heavy atom. The molecule has 2 N–H and O–H groups in total. The summed E-state index contributed by atoms with van der Waals surface area (Å²) < 4.78 is 5.72. The van der Waals surface area contributed by atoms with Crippen LogP contribution < -0.4 is 10.6 Å². The minimum atomic E-state index is -0.949. The van der Waals surface area contributed by atoms with Crippen LogP contribution in [0.15, 0.2) is 82.3 Å². The molecule has 0 saturated heterocycles. The quantitative estimate of drug-likeness (QED) is 0.532. The lowest BCUT2D eigenvalue weighted by Gasteiger charge is -2.11. The summed E-state index contributed by atoms with van der Waals surface area (Å²) in [5, 5.41) is 14.0. The molecule has 1 aliphatic heterocycles. The van der Waals surface area contributed by atoms with E-state index in [1.807, 2.05) is 67.6 Å². The van der Waals surface area contributed by atoms with Gasteiger partial charge in [-0.1, -0.05) is 53.6 Å². The van der Waals surface area contributed by atoms with Gasteiger partial charge in [-0.3, -0.25) is 9.78 Å². The number of para-hydroxylation sites is 1. The molecule has 5 rings (SSSR count). The Bertz CT molecular complexity index is 1280. The molecule has 0 bridgehead atoms. The number of benzene rings is 2. The molecule has 0 fully saturated rings. The maximum absolute atomic E-state index is 12.9. The molecule has 8 nitrogen and oxygen atoms in total. The molecular weight excluding hydrogens is 392 g/mol. The molecule has 0 radical (unpaired) electrons. The Labute approximate surface area is 178 Å². The van der Waals surface area contributed by atoms with Crippen LogP contribution >= 0.6 is 0 Å². The smallest absolute Gasteiger partial charge is 0.317 e. The fourth-order valence-corrected chi connectivity index (χ4v) is 3.37. The molecule has 2 aromatic carbocycles. The zero-order valence-electron chi connectivity index (χ0n) is 16.6. The lowest BCUT2D eigenvalue weighted by Crippen LogP contribution is -2.32. The van der Waals surface area contributed by atoms with E-state index in [1.165, 1.54) is 0 Å². The first-order valence-corrected chi connectivity index (χ1v) is 9.74. The number of carbonyl (C=O) groups is 1. The van der Waals surface area contributed by atoms with Crippen LogP contribution in [0.3, 0.4) is 0 Å². The van der Waals surface area contributed by atoms with Crippen molar-refractivity contribution >= 4 is 23.3 Å². The molecule has 2 aromatic heterocycles. The average Bonchev–Trinajstić information content (AvgIpc) is 3.21. The number of aryl methyl sites for hydroxylation is 1. The van der Waals surface area contributed by atoms with Crippen molar-refractivity contribution in [3.63, 3.8) is 0 Å². The van der Waals surface area contributed by atoms with E-state index in [-0.39, 0.29) is 11.9 Å². The molecule has 3 heterocycles. The number of hydrogen-bond donors (Lipinski definition) is 2. The number of carbonyl (C=O) groups excluding carboxylic acids is 1. The van der Waals surface area contributed by atoms with Gasteiger partial charge in [0.25, 0.3) is 5.91 Å². The van der Waals surface area contributed by atoms with Crippen molar-refractivity contribution in [3.8, 4) is 11.5 Å². The van der Waals surface area contributed by atoms with E-state index in [0.717, 1.165) is 22.4 Å². The van der Waals surface area contributed by atoms with Crippen molar-refractivity contribution in [1.82, 2.24) is 15.2 Å². The number of aromatic nitrogens is 3. The summed E-state index contributed by atoms with van der Waals surface area (Å²) in [5.41, 5.74) is 4.71. The van der Waals surface area contributed by atoms with Gasteiger partial charge in [-0.05, 0) is 25.1 Å². The Morgan fingerprint density at radius 2 is 1.77 bits per heavy atom. The highest BCUT2D eigenvalue weighted by molar-refractivity contribution is 6.19. The van der Waals surface area contributed by atoms with Crippen molar-refractivity contribution in [2.45, 2.75) is 13.1 Å². The first-order chi connectivity index (χ1) is 15.2. The molecule has 0 saturated carbocycles. The summed E-state index contributed by atoms with van der Waals surface area (Å²) >= 11 is 0. The summed E-state index contributed by atoms with van der Waals surface area (Å²) in [6.45, 7) is 1.88. The molecular formula is C23H18N6O2. The summed E-state index contributed by atoms with van der Waals surface area (Å²) in [6.07, 6.45) is 0.726. The molecule has 1 unspecified atom stereocenters. The molecule has 0 spiro atoms. The number of rotatable bonds is 4. The van der Waals surface area contributed by atoms with Crippen LogP contribution in [0.5, 0.6) is 0 Å². The lowest BCUT2D eigenvalue weighted by molar-refractivity contribution is -0.116. The third-order valence-corrected chi connectivity index (χ3v) is 4.82. The van der Waals surface area contributed by atoms with Crippen LogP contribution in [0, 0.1) is 6.92 Å². The summed E-state index contributed by atoms with van der Waals surface area (Å²) in [6, 6.07) is 21.0. The van der Waals surface area contributed by atoms with Gasteiger partial charge in [-0.15, -0.1) is 5.10 Å². The minimum absolute atomic E-state index is 0.103. The number of nitrogens with one attached hydrogen (secondary N) is 2. The largest absolute Gasteiger partial charge is 0.403 e. The number of pyridine rings is 1. The Hall–Kier alpha value is -4.33. The lowest BCUT2D eigenvalue weighted by atomic mass is 10.0. The van der Waals surface area contributed by atoms with Crippen LogP contribution in [0.2, 0.25) is 0 Å².